The monoisotopic (exact) mass is 277 g/mol. The molecule has 1 saturated carbocycles. The van der Waals surface area contributed by atoms with Gasteiger partial charge in [0.05, 0.1) is 11.7 Å². The summed E-state index contributed by atoms with van der Waals surface area (Å²) in [5.41, 5.74) is 1.21. The van der Waals surface area contributed by atoms with Crippen LogP contribution in [0.1, 0.15) is 56.7 Å². The van der Waals surface area contributed by atoms with Gasteiger partial charge >= 0.3 is 0 Å². The molecule has 0 bridgehead atoms. The Labute approximate surface area is 121 Å². The molecule has 3 rings (SSSR count). The maximum Gasteiger partial charge on any atom is 0.0764 e. The second kappa shape index (κ2) is 6.72. The predicted molar refractivity (Wildman–Crippen MR) is 79.4 cm³/mol. The van der Waals surface area contributed by atoms with E-state index in [0.29, 0.717) is 18.6 Å². The average molecular weight is 277 g/mol. The first-order valence-electron chi connectivity index (χ1n) is 8.22. The second-order valence-electron chi connectivity index (χ2n) is 6.48. The van der Waals surface area contributed by atoms with Crippen molar-refractivity contribution in [2.45, 2.75) is 57.5 Å². The zero-order valence-corrected chi connectivity index (χ0v) is 12.4. The lowest BCUT2D eigenvalue weighted by Gasteiger charge is -2.30. The van der Waals surface area contributed by atoms with Crippen molar-refractivity contribution in [3.63, 3.8) is 0 Å². The summed E-state index contributed by atoms with van der Waals surface area (Å²) in [6.07, 6.45) is 11.1. The average Bonchev–Trinajstić information content (AvgIpc) is 2.97. The van der Waals surface area contributed by atoms with Gasteiger partial charge in [0.2, 0.25) is 0 Å². The molecule has 2 aliphatic rings. The highest BCUT2D eigenvalue weighted by Crippen LogP contribution is 2.27. The molecule has 1 N–H and O–H groups in total. The minimum Gasteiger partial charge on any atom is -0.396 e. The summed E-state index contributed by atoms with van der Waals surface area (Å²) >= 11 is 0. The first kappa shape index (κ1) is 14.1. The van der Waals surface area contributed by atoms with Crippen molar-refractivity contribution in [3.8, 4) is 0 Å². The number of hydrogen-bond donors (Lipinski definition) is 1. The highest BCUT2D eigenvalue weighted by Gasteiger charge is 2.20. The fraction of sp³-hybridized carbons (Fsp3) is 0.812. The van der Waals surface area contributed by atoms with E-state index in [9.17, 15) is 5.11 Å². The van der Waals surface area contributed by atoms with Gasteiger partial charge in [-0.1, -0.05) is 19.3 Å². The summed E-state index contributed by atoms with van der Waals surface area (Å²) in [7, 11) is 0. The van der Waals surface area contributed by atoms with Crippen molar-refractivity contribution in [2.24, 2.45) is 5.92 Å². The van der Waals surface area contributed by atoms with Gasteiger partial charge in [-0.05, 0) is 50.8 Å². The number of aliphatic hydroxyl groups excluding tert-OH is 1. The van der Waals surface area contributed by atoms with Gasteiger partial charge in [0.25, 0.3) is 0 Å². The molecule has 1 saturated heterocycles. The Morgan fingerprint density at radius 2 is 1.85 bits per heavy atom. The van der Waals surface area contributed by atoms with Crippen molar-refractivity contribution < 1.29 is 5.11 Å². The van der Waals surface area contributed by atoms with Crippen LogP contribution in [0.3, 0.4) is 0 Å². The van der Waals surface area contributed by atoms with Crippen molar-refractivity contribution >= 4 is 0 Å². The van der Waals surface area contributed by atoms with Gasteiger partial charge in [0, 0.05) is 19.3 Å². The highest BCUT2D eigenvalue weighted by molar-refractivity contribution is 5.00. The van der Waals surface area contributed by atoms with Gasteiger partial charge in [-0.15, -0.1) is 0 Å². The molecule has 4 nitrogen and oxygen atoms in total. The quantitative estimate of drug-likeness (QED) is 0.919. The zero-order valence-electron chi connectivity index (χ0n) is 12.4. The number of likely N-dealkylation sites (tertiary alicyclic amines) is 1. The van der Waals surface area contributed by atoms with Gasteiger partial charge in [-0.2, -0.15) is 5.10 Å². The van der Waals surface area contributed by atoms with E-state index in [4.69, 9.17) is 5.10 Å². The number of piperidine rings is 1. The van der Waals surface area contributed by atoms with Gasteiger partial charge < -0.3 is 5.11 Å². The molecule has 0 amide bonds. The normalized spacial score (nSPS) is 23.2. The molecule has 0 radical (unpaired) electrons. The Balaban J connectivity index is 1.52. The largest absolute Gasteiger partial charge is 0.396 e. The molecular formula is C16H27N3O. The molecule has 1 aromatic rings. The van der Waals surface area contributed by atoms with Gasteiger partial charge in [0.1, 0.15) is 0 Å². The summed E-state index contributed by atoms with van der Waals surface area (Å²) in [6.45, 7) is 3.52. The summed E-state index contributed by atoms with van der Waals surface area (Å²) < 4.78 is 2.20. The van der Waals surface area contributed by atoms with Crippen LogP contribution in [0.4, 0.5) is 0 Å². The number of rotatable bonds is 4. The van der Waals surface area contributed by atoms with Crippen LogP contribution in [0.25, 0.3) is 0 Å². The minimum absolute atomic E-state index is 0.351. The number of aromatic nitrogens is 2. The van der Waals surface area contributed by atoms with Crippen LogP contribution in [0.15, 0.2) is 12.3 Å². The fourth-order valence-corrected chi connectivity index (χ4v) is 3.57. The Morgan fingerprint density at radius 3 is 2.55 bits per heavy atom. The standard InChI is InChI=1S/C16H27N3O/c20-13-14-6-9-18(10-7-14)12-15-8-11-19(17-15)16-4-2-1-3-5-16/h8,11,14,16,20H,1-7,9-10,12-13H2. The third-order valence-corrected chi connectivity index (χ3v) is 4.96. The molecule has 0 spiro atoms. The molecule has 0 atom stereocenters. The molecule has 20 heavy (non-hydrogen) atoms. The lowest BCUT2D eigenvalue weighted by Crippen LogP contribution is -2.34. The van der Waals surface area contributed by atoms with E-state index < -0.39 is 0 Å². The lowest BCUT2D eigenvalue weighted by atomic mass is 9.96. The van der Waals surface area contributed by atoms with E-state index in [0.717, 1.165) is 32.5 Å². The van der Waals surface area contributed by atoms with Crippen LogP contribution in [0, 0.1) is 5.92 Å². The zero-order chi connectivity index (χ0) is 13.8. The van der Waals surface area contributed by atoms with Gasteiger partial charge in [-0.3, -0.25) is 9.58 Å². The fourth-order valence-electron chi connectivity index (χ4n) is 3.57. The van der Waals surface area contributed by atoms with Gasteiger partial charge in [0.15, 0.2) is 0 Å². The molecule has 2 fully saturated rings. The summed E-state index contributed by atoms with van der Waals surface area (Å²) in [5.74, 6) is 0.519. The van der Waals surface area contributed by atoms with Crippen molar-refractivity contribution in [1.29, 1.82) is 0 Å². The van der Waals surface area contributed by atoms with Crippen LogP contribution >= 0.6 is 0 Å². The van der Waals surface area contributed by atoms with Crippen LogP contribution in [-0.2, 0) is 6.54 Å². The summed E-state index contributed by atoms with van der Waals surface area (Å²) in [5, 5.41) is 14.0. The van der Waals surface area contributed by atoms with E-state index in [1.54, 1.807) is 0 Å². The number of nitrogens with zero attached hydrogens (tertiary/aromatic N) is 3. The molecule has 0 aromatic carbocycles. The summed E-state index contributed by atoms with van der Waals surface area (Å²) in [6, 6.07) is 2.82. The van der Waals surface area contributed by atoms with Crippen molar-refractivity contribution in [3.05, 3.63) is 18.0 Å². The third kappa shape index (κ3) is 3.41. The topological polar surface area (TPSA) is 41.3 Å². The third-order valence-electron chi connectivity index (χ3n) is 4.96. The first-order chi connectivity index (χ1) is 9.85. The van der Waals surface area contributed by atoms with E-state index in [-0.39, 0.29) is 0 Å². The first-order valence-corrected chi connectivity index (χ1v) is 8.22. The van der Waals surface area contributed by atoms with Gasteiger partial charge in [-0.25, -0.2) is 0 Å². The molecule has 1 aromatic heterocycles. The molecular weight excluding hydrogens is 250 g/mol. The molecule has 0 unspecified atom stereocenters. The smallest absolute Gasteiger partial charge is 0.0764 e. The summed E-state index contributed by atoms with van der Waals surface area (Å²) in [4.78, 5) is 2.47. The lowest BCUT2D eigenvalue weighted by molar-refractivity contribution is 0.126. The Bertz CT molecular complexity index is 404. The Hall–Kier alpha value is -0.870. The van der Waals surface area contributed by atoms with E-state index in [1.165, 1.54) is 37.8 Å². The van der Waals surface area contributed by atoms with Crippen LogP contribution < -0.4 is 0 Å². The predicted octanol–water partition coefficient (Wildman–Crippen LogP) is 2.59. The molecule has 1 aliphatic carbocycles. The van der Waals surface area contributed by atoms with E-state index >= 15 is 0 Å². The van der Waals surface area contributed by atoms with E-state index in [2.05, 4.69) is 21.8 Å². The minimum atomic E-state index is 0.351. The second-order valence-corrected chi connectivity index (χ2v) is 6.48. The Morgan fingerprint density at radius 1 is 1.10 bits per heavy atom. The number of hydrogen-bond acceptors (Lipinski definition) is 3. The molecule has 2 heterocycles. The van der Waals surface area contributed by atoms with Crippen molar-refractivity contribution in [2.75, 3.05) is 19.7 Å². The molecule has 1 aliphatic heterocycles. The molecule has 112 valence electrons. The van der Waals surface area contributed by atoms with Crippen LogP contribution in [-0.4, -0.2) is 39.5 Å². The maximum absolute atomic E-state index is 9.18. The van der Waals surface area contributed by atoms with E-state index in [1.807, 2.05) is 0 Å². The van der Waals surface area contributed by atoms with Crippen LogP contribution in [0.5, 0.6) is 0 Å². The Kier molecular flexibility index (Phi) is 4.73. The highest BCUT2D eigenvalue weighted by atomic mass is 16.3. The van der Waals surface area contributed by atoms with Crippen LogP contribution in [0.2, 0.25) is 0 Å². The number of aliphatic hydroxyl groups is 1. The molecule has 4 heteroatoms. The maximum atomic E-state index is 9.18. The SMILES string of the molecule is OCC1CCN(Cc2ccn(C3CCCCC3)n2)CC1. The van der Waals surface area contributed by atoms with Crippen molar-refractivity contribution in [1.82, 2.24) is 14.7 Å².